The maximum atomic E-state index is 5.78. The summed E-state index contributed by atoms with van der Waals surface area (Å²) in [6, 6.07) is 8.43. The highest BCUT2D eigenvalue weighted by Gasteiger charge is 2.22. The SMILES string of the molecule is CCN(CC)C1=Nc2cc(CN)ccc2Nc2sc(C)cc21. The van der Waals surface area contributed by atoms with Crippen LogP contribution in [-0.2, 0) is 6.54 Å². The maximum Gasteiger partial charge on any atom is 0.139 e. The molecule has 0 aliphatic carbocycles. The second-order valence-electron chi connectivity index (χ2n) is 5.39. The van der Waals surface area contributed by atoms with Gasteiger partial charge in [0.15, 0.2) is 0 Å². The average Bonchev–Trinajstić information content (AvgIpc) is 2.82. The summed E-state index contributed by atoms with van der Waals surface area (Å²) in [5.41, 5.74) is 10.1. The van der Waals surface area contributed by atoms with E-state index < -0.39 is 0 Å². The molecule has 0 amide bonds. The van der Waals surface area contributed by atoms with Crippen molar-refractivity contribution >= 4 is 33.5 Å². The molecule has 1 aliphatic heterocycles. The molecule has 3 rings (SSSR count). The van der Waals surface area contributed by atoms with Crippen LogP contribution in [0, 0.1) is 6.92 Å². The molecule has 0 bridgehead atoms. The number of hydrogen-bond acceptors (Lipinski definition) is 5. The van der Waals surface area contributed by atoms with Crippen molar-refractivity contribution < 1.29 is 0 Å². The number of aryl methyl sites for hydroxylation is 1. The van der Waals surface area contributed by atoms with Gasteiger partial charge in [0.1, 0.15) is 10.8 Å². The third kappa shape index (κ3) is 2.62. The van der Waals surface area contributed by atoms with Crippen molar-refractivity contribution in [3.63, 3.8) is 0 Å². The van der Waals surface area contributed by atoms with Gasteiger partial charge in [0.2, 0.25) is 0 Å². The first kappa shape index (κ1) is 15.1. The van der Waals surface area contributed by atoms with E-state index in [1.165, 1.54) is 15.4 Å². The van der Waals surface area contributed by atoms with Crippen LogP contribution in [0.3, 0.4) is 0 Å². The number of thiophene rings is 1. The summed E-state index contributed by atoms with van der Waals surface area (Å²) >= 11 is 1.78. The normalized spacial score (nSPS) is 12.8. The minimum atomic E-state index is 0.532. The molecular weight excluding hydrogens is 292 g/mol. The quantitative estimate of drug-likeness (QED) is 0.900. The van der Waals surface area contributed by atoms with Crippen molar-refractivity contribution in [1.82, 2.24) is 4.90 Å². The van der Waals surface area contributed by atoms with Crippen molar-refractivity contribution in [2.24, 2.45) is 10.7 Å². The predicted molar refractivity (Wildman–Crippen MR) is 95.8 cm³/mol. The number of amidine groups is 1. The summed E-state index contributed by atoms with van der Waals surface area (Å²) < 4.78 is 0. The molecule has 0 saturated carbocycles. The topological polar surface area (TPSA) is 53.6 Å². The lowest BCUT2D eigenvalue weighted by Crippen LogP contribution is -2.31. The smallest absolute Gasteiger partial charge is 0.139 e. The third-order valence-corrected chi connectivity index (χ3v) is 4.90. The second kappa shape index (κ2) is 6.10. The van der Waals surface area contributed by atoms with Crippen LogP contribution in [0.5, 0.6) is 0 Å². The van der Waals surface area contributed by atoms with Gasteiger partial charge in [0.05, 0.1) is 16.9 Å². The van der Waals surface area contributed by atoms with Gasteiger partial charge >= 0.3 is 0 Å². The Labute approximate surface area is 135 Å². The summed E-state index contributed by atoms with van der Waals surface area (Å²) in [5.74, 6) is 1.05. The van der Waals surface area contributed by atoms with Crippen molar-refractivity contribution in [1.29, 1.82) is 0 Å². The molecule has 116 valence electrons. The summed E-state index contributed by atoms with van der Waals surface area (Å²) in [7, 11) is 0. The molecule has 4 nitrogen and oxygen atoms in total. The molecule has 1 aromatic heterocycles. The van der Waals surface area contributed by atoms with Gasteiger partial charge in [-0.15, -0.1) is 11.3 Å². The van der Waals surface area contributed by atoms with E-state index in [-0.39, 0.29) is 0 Å². The number of nitrogens with zero attached hydrogens (tertiary/aromatic N) is 2. The van der Waals surface area contributed by atoms with Gasteiger partial charge in [0, 0.05) is 24.5 Å². The number of aliphatic imine (C=N–C) groups is 1. The van der Waals surface area contributed by atoms with Gasteiger partial charge in [-0.3, -0.25) is 0 Å². The minimum Gasteiger partial charge on any atom is -0.357 e. The largest absolute Gasteiger partial charge is 0.357 e. The van der Waals surface area contributed by atoms with E-state index in [9.17, 15) is 0 Å². The fraction of sp³-hybridized carbons (Fsp3) is 0.353. The molecule has 0 saturated heterocycles. The molecule has 0 unspecified atom stereocenters. The third-order valence-electron chi connectivity index (χ3n) is 3.93. The van der Waals surface area contributed by atoms with Gasteiger partial charge in [-0.2, -0.15) is 0 Å². The number of hydrogen-bond donors (Lipinski definition) is 2. The lowest BCUT2D eigenvalue weighted by molar-refractivity contribution is 0.467. The molecule has 2 heterocycles. The molecule has 1 aliphatic rings. The molecule has 22 heavy (non-hydrogen) atoms. The molecular formula is C17H22N4S. The predicted octanol–water partition coefficient (Wildman–Crippen LogP) is 3.99. The monoisotopic (exact) mass is 314 g/mol. The number of anilines is 2. The zero-order chi connectivity index (χ0) is 15.7. The lowest BCUT2D eigenvalue weighted by Gasteiger charge is -2.22. The molecule has 0 fully saturated rings. The van der Waals surface area contributed by atoms with Crippen molar-refractivity contribution in [2.45, 2.75) is 27.3 Å². The van der Waals surface area contributed by atoms with Gasteiger partial charge in [0.25, 0.3) is 0 Å². The minimum absolute atomic E-state index is 0.532. The van der Waals surface area contributed by atoms with Gasteiger partial charge in [-0.1, -0.05) is 6.07 Å². The summed E-state index contributed by atoms with van der Waals surface area (Å²) in [6.45, 7) is 8.88. The number of benzene rings is 1. The second-order valence-corrected chi connectivity index (χ2v) is 6.64. The Balaban J connectivity index is 2.19. The summed E-state index contributed by atoms with van der Waals surface area (Å²) in [5, 5.41) is 4.71. The average molecular weight is 314 g/mol. The van der Waals surface area contributed by atoms with Gasteiger partial charge in [-0.05, 0) is 44.5 Å². The van der Waals surface area contributed by atoms with Crippen LogP contribution < -0.4 is 11.1 Å². The van der Waals surface area contributed by atoms with Gasteiger partial charge < -0.3 is 16.0 Å². The zero-order valence-corrected chi connectivity index (χ0v) is 14.1. The van der Waals surface area contributed by atoms with E-state index in [4.69, 9.17) is 10.7 Å². The highest BCUT2D eigenvalue weighted by Crippen LogP contribution is 2.39. The van der Waals surface area contributed by atoms with E-state index in [2.05, 4.69) is 55.3 Å². The molecule has 3 N–H and O–H groups in total. The van der Waals surface area contributed by atoms with Crippen LogP contribution in [-0.4, -0.2) is 23.8 Å². The number of rotatable bonds is 3. The van der Waals surface area contributed by atoms with E-state index >= 15 is 0 Å². The van der Waals surface area contributed by atoms with E-state index in [1.807, 2.05) is 0 Å². The molecule has 0 atom stereocenters. The van der Waals surface area contributed by atoms with Crippen LogP contribution >= 0.6 is 11.3 Å². The van der Waals surface area contributed by atoms with Crippen LogP contribution in [0.15, 0.2) is 29.3 Å². The van der Waals surface area contributed by atoms with Crippen molar-refractivity contribution in [3.05, 3.63) is 40.3 Å². The van der Waals surface area contributed by atoms with E-state index in [0.29, 0.717) is 6.54 Å². The molecule has 0 radical (unpaired) electrons. The molecule has 0 spiro atoms. The first-order chi connectivity index (χ1) is 10.7. The lowest BCUT2D eigenvalue weighted by atomic mass is 10.2. The van der Waals surface area contributed by atoms with Crippen LogP contribution in [0.25, 0.3) is 0 Å². The highest BCUT2D eigenvalue weighted by atomic mass is 32.1. The fourth-order valence-corrected chi connectivity index (χ4v) is 3.66. The molecule has 5 heteroatoms. The first-order valence-corrected chi connectivity index (χ1v) is 8.52. The van der Waals surface area contributed by atoms with Crippen LogP contribution in [0.4, 0.5) is 16.4 Å². The summed E-state index contributed by atoms with van der Waals surface area (Å²) in [6.07, 6.45) is 0. The standard InChI is InChI=1S/C17H22N4S/c1-4-21(5-2)16-13-8-11(3)22-17(13)20-14-7-6-12(10-18)9-15(14)19-16/h6-9,20H,4-5,10,18H2,1-3H3. The molecule has 2 aromatic rings. The maximum absolute atomic E-state index is 5.78. The van der Waals surface area contributed by atoms with E-state index in [0.717, 1.165) is 35.9 Å². The fourth-order valence-electron chi connectivity index (χ4n) is 2.74. The zero-order valence-electron chi connectivity index (χ0n) is 13.3. The van der Waals surface area contributed by atoms with Crippen LogP contribution in [0.1, 0.15) is 29.9 Å². The van der Waals surface area contributed by atoms with E-state index in [1.54, 1.807) is 11.3 Å². The molecule has 1 aromatic carbocycles. The Morgan fingerprint density at radius 3 is 2.68 bits per heavy atom. The number of fused-ring (bicyclic) bond motifs is 2. The van der Waals surface area contributed by atoms with Crippen molar-refractivity contribution in [2.75, 3.05) is 18.4 Å². The summed E-state index contributed by atoms with van der Waals surface area (Å²) in [4.78, 5) is 8.57. The van der Waals surface area contributed by atoms with Crippen molar-refractivity contribution in [3.8, 4) is 0 Å². The Bertz CT molecular complexity index is 713. The Morgan fingerprint density at radius 2 is 2.00 bits per heavy atom. The Hall–Kier alpha value is -1.85. The first-order valence-electron chi connectivity index (χ1n) is 7.70. The highest BCUT2D eigenvalue weighted by molar-refractivity contribution is 7.16. The Morgan fingerprint density at radius 1 is 1.23 bits per heavy atom. The Kier molecular flexibility index (Phi) is 4.18. The number of nitrogens with two attached hydrogens (primary N) is 1. The number of nitrogens with one attached hydrogen (secondary N) is 1. The van der Waals surface area contributed by atoms with Gasteiger partial charge in [-0.25, -0.2) is 4.99 Å². The van der Waals surface area contributed by atoms with Crippen LogP contribution in [0.2, 0.25) is 0 Å².